The van der Waals surface area contributed by atoms with Crippen molar-refractivity contribution in [2.75, 3.05) is 23.7 Å². The van der Waals surface area contributed by atoms with Gasteiger partial charge in [0.2, 0.25) is 0 Å². The summed E-state index contributed by atoms with van der Waals surface area (Å²) in [5, 5.41) is 9.27. The van der Waals surface area contributed by atoms with Gasteiger partial charge in [-0.05, 0) is 19.9 Å². The number of pyridine rings is 1. The monoisotopic (exact) mass is 256 g/mol. The van der Waals surface area contributed by atoms with Crippen molar-refractivity contribution in [3.8, 4) is 0 Å². The molecule has 0 unspecified atom stereocenters. The number of hydrogen-bond donors (Lipinski definition) is 1. The molecule has 1 aromatic rings. The minimum atomic E-state index is -0.400. The lowest BCUT2D eigenvalue weighted by molar-refractivity contribution is 0.281. The fraction of sp³-hybridized carbons (Fsp3) is 0.583. The molecule has 2 heterocycles. The number of hydrogen-bond acceptors (Lipinski definition) is 4. The SMILES string of the molecule is CC1(C)CN(c2ncc(F)cc2CO)CCS1. The number of aliphatic hydroxyl groups excluding tert-OH is 1. The molecule has 1 aliphatic heterocycles. The van der Waals surface area contributed by atoms with Crippen molar-refractivity contribution >= 4 is 17.6 Å². The van der Waals surface area contributed by atoms with E-state index in [0.717, 1.165) is 18.8 Å². The Bertz CT molecular complexity index is 411. The van der Waals surface area contributed by atoms with E-state index >= 15 is 0 Å². The number of anilines is 1. The third-order valence-electron chi connectivity index (χ3n) is 2.81. The van der Waals surface area contributed by atoms with Gasteiger partial charge in [0.25, 0.3) is 0 Å². The maximum Gasteiger partial charge on any atom is 0.142 e. The summed E-state index contributed by atoms with van der Waals surface area (Å²) in [6, 6.07) is 1.36. The van der Waals surface area contributed by atoms with Gasteiger partial charge >= 0.3 is 0 Å². The highest BCUT2D eigenvalue weighted by molar-refractivity contribution is 8.00. The van der Waals surface area contributed by atoms with Crippen LogP contribution in [0.1, 0.15) is 19.4 Å². The van der Waals surface area contributed by atoms with Gasteiger partial charge < -0.3 is 10.0 Å². The lowest BCUT2D eigenvalue weighted by Crippen LogP contribution is -2.44. The van der Waals surface area contributed by atoms with Crippen LogP contribution in [0, 0.1) is 5.82 Å². The first-order valence-electron chi connectivity index (χ1n) is 5.66. The maximum absolute atomic E-state index is 13.1. The molecule has 0 aromatic carbocycles. The van der Waals surface area contributed by atoms with Crippen molar-refractivity contribution in [1.82, 2.24) is 4.98 Å². The van der Waals surface area contributed by atoms with E-state index in [4.69, 9.17) is 0 Å². The Hall–Kier alpha value is -0.810. The molecule has 17 heavy (non-hydrogen) atoms. The van der Waals surface area contributed by atoms with E-state index in [9.17, 15) is 9.50 Å². The summed E-state index contributed by atoms with van der Waals surface area (Å²) in [5.41, 5.74) is 0.563. The van der Waals surface area contributed by atoms with Gasteiger partial charge in [-0.2, -0.15) is 11.8 Å². The standard InChI is InChI=1S/C12H17FN2OS/c1-12(2)8-15(3-4-17-12)11-9(7-16)5-10(13)6-14-11/h5-6,16H,3-4,7-8H2,1-2H3. The molecule has 0 radical (unpaired) electrons. The summed E-state index contributed by atoms with van der Waals surface area (Å²) in [5.74, 6) is 1.34. The summed E-state index contributed by atoms with van der Waals surface area (Å²) in [7, 11) is 0. The number of aliphatic hydroxyl groups is 1. The number of halogens is 1. The second-order valence-corrected chi connectivity index (χ2v) is 6.63. The van der Waals surface area contributed by atoms with Gasteiger partial charge in [-0.3, -0.25) is 0 Å². The lowest BCUT2D eigenvalue weighted by Gasteiger charge is -2.38. The topological polar surface area (TPSA) is 36.4 Å². The number of nitrogens with zero attached hydrogens (tertiary/aromatic N) is 2. The van der Waals surface area contributed by atoms with Crippen LogP contribution in [0.15, 0.2) is 12.3 Å². The van der Waals surface area contributed by atoms with E-state index < -0.39 is 5.82 Å². The zero-order valence-electron chi connectivity index (χ0n) is 10.1. The smallest absolute Gasteiger partial charge is 0.142 e. The van der Waals surface area contributed by atoms with Crippen LogP contribution in [0.2, 0.25) is 0 Å². The summed E-state index contributed by atoms with van der Waals surface area (Å²) in [6.07, 6.45) is 1.21. The van der Waals surface area contributed by atoms with Crippen LogP contribution in [0.4, 0.5) is 10.2 Å². The van der Waals surface area contributed by atoms with Crippen molar-refractivity contribution in [1.29, 1.82) is 0 Å². The first-order valence-corrected chi connectivity index (χ1v) is 6.64. The fourth-order valence-corrected chi connectivity index (χ4v) is 3.18. The molecule has 3 nitrogen and oxygen atoms in total. The molecule has 0 saturated carbocycles. The van der Waals surface area contributed by atoms with E-state index in [-0.39, 0.29) is 11.4 Å². The molecule has 0 bridgehead atoms. The number of rotatable bonds is 2. The van der Waals surface area contributed by atoms with E-state index in [0.29, 0.717) is 11.4 Å². The molecule has 1 saturated heterocycles. The van der Waals surface area contributed by atoms with Gasteiger partial charge in [0, 0.05) is 29.2 Å². The van der Waals surface area contributed by atoms with Gasteiger partial charge in [-0.15, -0.1) is 0 Å². The van der Waals surface area contributed by atoms with Gasteiger partial charge in [-0.25, -0.2) is 9.37 Å². The molecule has 2 rings (SSSR count). The first kappa shape index (κ1) is 12.6. The molecular formula is C12H17FN2OS. The summed E-state index contributed by atoms with van der Waals surface area (Å²) in [6.45, 7) is 5.95. The highest BCUT2D eigenvalue weighted by atomic mass is 32.2. The van der Waals surface area contributed by atoms with Crippen molar-refractivity contribution in [2.24, 2.45) is 0 Å². The minimum absolute atomic E-state index is 0.168. The van der Waals surface area contributed by atoms with Crippen LogP contribution >= 0.6 is 11.8 Å². The van der Waals surface area contributed by atoms with Crippen LogP contribution in [0.25, 0.3) is 0 Å². The molecule has 1 fully saturated rings. The highest BCUT2D eigenvalue weighted by Crippen LogP contribution is 2.32. The third-order valence-corrected chi connectivity index (χ3v) is 4.10. The third kappa shape index (κ3) is 2.90. The molecule has 1 aromatic heterocycles. The molecule has 0 amide bonds. The van der Waals surface area contributed by atoms with E-state index in [1.165, 1.54) is 12.3 Å². The van der Waals surface area contributed by atoms with Crippen molar-refractivity contribution in [2.45, 2.75) is 25.2 Å². The lowest BCUT2D eigenvalue weighted by atomic mass is 10.1. The van der Waals surface area contributed by atoms with Crippen molar-refractivity contribution in [3.63, 3.8) is 0 Å². The predicted molar refractivity (Wildman–Crippen MR) is 68.9 cm³/mol. The quantitative estimate of drug-likeness (QED) is 0.878. The average molecular weight is 256 g/mol. The Morgan fingerprint density at radius 3 is 3.00 bits per heavy atom. The summed E-state index contributed by atoms with van der Waals surface area (Å²) >= 11 is 1.93. The molecule has 1 N–H and O–H groups in total. The Morgan fingerprint density at radius 2 is 2.35 bits per heavy atom. The average Bonchev–Trinajstić information content (AvgIpc) is 2.27. The summed E-state index contributed by atoms with van der Waals surface area (Å²) < 4.78 is 13.2. The first-order chi connectivity index (χ1) is 8.02. The van der Waals surface area contributed by atoms with Crippen LogP contribution in [0.5, 0.6) is 0 Å². The molecule has 0 atom stereocenters. The summed E-state index contributed by atoms with van der Waals surface area (Å²) in [4.78, 5) is 6.25. The highest BCUT2D eigenvalue weighted by Gasteiger charge is 2.28. The van der Waals surface area contributed by atoms with Crippen LogP contribution in [-0.4, -0.2) is 33.7 Å². The Kier molecular flexibility index (Phi) is 3.58. The van der Waals surface area contributed by atoms with Gasteiger partial charge in [0.1, 0.15) is 11.6 Å². The maximum atomic E-state index is 13.1. The minimum Gasteiger partial charge on any atom is -0.392 e. The molecule has 1 aliphatic rings. The normalized spacial score (nSPS) is 19.4. The largest absolute Gasteiger partial charge is 0.392 e. The Balaban J connectivity index is 2.27. The fourth-order valence-electron chi connectivity index (χ4n) is 2.07. The zero-order valence-corrected chi connectivity index (χ0v) is 10.9. The second kappa shape index (κ2) is 4.82. The Morgan fingerprint density at radius 1 is 1.59 bits per heavy atom. The van der Waals surface area contributed by atoms with Gasteiger partial charge in [-0.1, -0.05) is 0 Å². The molecular weight excluding hydrogens is 239 g/mol. The van der Waals surface area contributed by atoms with E-state index in [2.05, 4.69) is 23.7 Å². The van der Waals surface area contributed by atoms with Gasteiger partial charge in [0.05, 0.1) is 12.8 Å². The number of aromatic nitrogens is 1. The van der Waals surface area contributed by atoms with Crippen LogP contribution in [-0.2, 0) is 6.61 Å². The van der Waals surface area contributed by atoms with E-state index in [1.807, 2.05) is 11.8 Å². The molecule has 0 aliphatic carbocycles. The number of thioether (sulfide) groups is 1. The van der Waals surface area contributed by atoms with Crippen molar-refractivity contribution < 1.29 is 9.50 Å². The second-order valence-electron chi connectivity index (χ2n) is 4.82. The van der Waals surface area contributed by atoms with Gasteiger partial charge in [0.15, 0.2) is 0 Å². The Labute approximate surface area is 105 Å². The molecule has 94 valence electrons. The van der Waals surface area contributed by atoms with Crippen LogP contribution < -0.4 is 4.90 Å². The zero-order chi connectivity index (χ0) is 12.5. The van der Waals surface area contributed by atoms with Crippen LogP contribution in [0.3, 0.4) is 0 Å². The molecule has 5 heteroatoms. The van der Waals surface area contributed by atoms with E-state index in [1.54, 1.807) is 0 Å². The molecule has 0 spiro atoms. The van der Waals surface area contributed by atoms with Crippen molar-refractivity contribution in [3.05, 3.63) is 23.6 Å². The predicted octanol–water partition coefficient (Wildman–Crippen LogP) is 2.04.